The van der Waals surface area contributed by atoms with Crippen molar-refractivity contribution in [1.82, 2.24) is 9.80 Å². The van der Waals surface area contributed by atoms with Crippen molar-refractivity contribution in [3.05, 3.63) is 101 Å². The third-order valence-electron chi connectivity index (χ3n) is 5.72. The van der Waals surface area contributed by atoms with Gasteiger partial charge in [0.05, 0.1) is 24.8 Å². The fourth-order valence-electron chi connectivity index (χ4n) is 3.84. The number of benzene rings is 3. The van der Waals surface area contributed by atoms with Crippen molar-refractivity contribution in [1.29, 1.82) is 0 Å². The van der Waals surface area contributed by atoms with E-state index in [2.05, 4.69) is 0 Å². The molecule has 1 aliphatic heterocycles. The molecule has 35 heavy (non-hydrogen) atoms. The van der Waals surface area contributed by atoms with Crippen molar-refractivity contribution < 1.29 is 28.7 Å². The molecule has 0 aromatic heterocycles. The van der Waals surface area contributed by atoms with Gasteiger partial charge in [-0.15, -0.1) is 0 Å². The second kappa shape index (κ2) is 10.2. The van der Waals surface area contributed by atoms with Crippen LogP contribution >= 0.6 is 0 Å². The summed E-state index contributed by atoms with van der Waals surface area (Å²) in [6.07, 6.45) is 0. The number of imide groups is 1. The van der Waals surface area contributed by atoms with Crippen molar-refractivity contribution in [2.45, 2.75) is 13.1 Å². The number of fused-ring (bicyclic) bond motifs is 1. The highest BCUT2D eigenvalue weighted by molar-refractivity contribution is 6.21. The Balaban J connectivity index is 1.43. The van der Waals surface area contributed by atoms with Crippen LogP contribution in [-0.2, 0) is 22.6 Å². The summed E-state index contributed by atoms with van der Waals surface area (Å²) in [5, 5.41) is 0. The topological polar surface area (TPSA) is 93.2 Å². The van der Waals surface area contributed by atoms with Crippen molar-refractivity contribution in [2.75, 3.05) is 20.8 Å². The molecule has 3 aromatic rings. The summed E-state index contributed by atoms with van der Waals surface area (Å²) in [6, 6.07) is 20.8. The lowest BCUT2D eigenvalue weighted by molar-refractivity contribution is -0.133. The Morgan fingerprint density at radius 3 is 2.11 bits per heavy atom. The third kappa shape index (κ3) is 5.06. The Bertz CT molecular complexity index is 1250. The van der Waals surface area contributed by atoms with Crippen LogP contribution in [0.2, 0.25) is 0 Å². The van der Waals surface area contributed by atoms with Crippen molar-refractivity contribution in [3.8, 4) is 5.75 Å². The molecule has 0 saturated carbocycles. The number of esters is 1. The summed E-state index contributed by atoms with van der Waals surface area (Å²) in [5.41, 5.74) is 2.30. The fourth-order valence-corrected chi connectivity index (χ4v) is 3.84. The Morgan fingerprint density at radius 1 is 0.857 bits per heavy atom. The molecule has 0 saturated heterocycles. The molecule has 0 bridgehead atoms. The van der Waals surface area contributed by atoms with Crippen molar-refractivity contribution in [2.24, 2.45) is 0 Å². The molecule has 0 atom stereocenters. The lowest BCUT2D eigenvalue weighted by atomic mass is 10.1. The van der Waals surface area contributed by atoms with Gasteiger partial charge >= 0.3 is 5.97 Å². The molecule has 8 heteroatoms. The molecule has 0 unspecified atom stereocenters. The number of hydrogen-bond acceptors (Lipinski definition) is 6. The molecule has 8 nitrogen and oxygen atoms in total. The zero-order valence-corrected chi connectivity index (χ0v) is 19.4. The lowest BCUT2D eigenvalue weighted by Crippen LogP contribution is -2.31. The minimum Gasteiger partial charge on any atom is -0.496 e. The van der Waals surface area contributed by atoms with Gasteiger partial charge < -0.3 is 14.4 Å². The van der Waals surface area contributed by atoms with Gasteiger partial charge in [-0.25, -0.2) is 4.79 Å². The lowest BCUT2D eigenvalue weighted by Gasteiger charge is -2.18. The molecule has 0 N–H and O–H groups in total. The Morgan fingerprint density at radius 2 is 1.49 bits per heavy atom. The monoisotopic (exact) mass is 472 g/mol. The molecule has 0 aliphatic carbocycles. The van der Waals surface area contributed by atoms with E-state index in [1.54, 1.807) is 43.4 Å². The first-order valence-corrected chi connectivity index (χ1v) is 11.0. The second-order valence-corrected chi connectivity index (χ2v) is 8.09. The number of ether oxygens (including phenoxy) is 2. The van der Waals surface area contributed by atoms with Gasteiger partial charge in [0.2, 0.25) is 0 Å². The highest BCUT2D eigenvalue weighted by Gasteiger charge is 2.35. The number of likely N-dealkylation sites (N-methyl/N-ethyl adjacent to an activating group) is 1. The standard InChI is InChI=1S/C27H24N2O6/c1-28(15-18-8-4-3-5-9-18)24(30)17-35-27(33)22-14-19(12-13-23(22)34-2)16-29-25(31)20-10-6-7-11-21(20)26(29)32/h3-14H,15-17H2,1-2H3. The van der Waals surface area contributed by atoms with Crippen LogP contribution in [0.5, 0.6) is 5.75 Å². The van der Waals surface area contributed by atoms with Gasteiger partial charge in [0.15, 0.2) is 6.61 Å². The summed E-state index contributed by atoms with van der Waals surface area (Å²) in [4.78, 5) is 53.2. The number of rotatable bonds is 8. The van der Waals surface area contributed by atoms with Gasteiger partial charge in [0.1, 0.15) is 11.3 Å². The molecule has 0 radical (unpaired) electrons. The van der Waals surface area contributed by atoms with Gasteiger partial charge in [-0.3, -0.25) is 19.3 Å². The molecule has 178 valence electrons. The maximum Gasteiger partial charge on any atom is 0.342 e. The average molecular weight is 472 g/mol. The summed E-state index contributed by atoms with van der Waals surface area (Å²) < 4.78 is 10.5. The van der Waals surface area contributed by atoms with Crippen LogP contribution < -0.4 is 4.74 Å². The summed E-state index contributed by atoms with van der Waals surface area (Å²) >= 11 is 0. The molecule has 1 heterocycles. The van der Waals surface area contributed by atoms with Gasteiger partial charge in [-0.2, -0.15) is 0 Å². The van der Waals surface area contributed by atoms with Crippen LogP contribution in [0.15, 0.2) is 72.8 Å². The van der Waals surface area contributed by atoms with E-state index in [1.165, 1.54) is 18.1 Å². The van der Waals surface area contributed by atoms with E-state index in [0.717, 1.165) is 10.5 Å². The normalized spacial score (nSPS) is 12.3. The van der Waals surface area contributed by atoms with Crippen LogP contribution in [-0.4, -0.2) is 54.3 Å². The largest absolute Gasteiger partial charge is 0.496 e. The molecule has 0 spiro atoms. The molecule has 1 aliphatic rings. The van der Waals surface area contributed by atoms with Gasteiger partial charge in [-0.1, -0.05) is 48.5 Å². The first-order chi connectivity index (χ1) is 16.9. The first kappa shape index (κ1) is 23.7. The molecular formula is C27H24N2O6. The van der Waals surface area contributed by atoms with E-state index < -0.39 is 24.4 Å². The number of hydrogen-bond donors (Lipinski definition) is 0. The number of nitrogens with zero attached hydrogens (tertiary/aromatic N) is 2. The summed E-state index contributed by atoms with van der Waals surface area (Å²) in [5.74, 6) is -1.63. The number of carbonyl (C=O) groups excluding carboxylic acids is 4. The van der Waals surface area contributed by atoms with E-state index >= 15 is 0 Å². The quantitative estimate of drug-likeness (QED) is 0.369. The van der Waals surface area contributed by atoms with E-state index in [1.807, 2.05) is 30.3 Å². The molecule has 4 rings (SSSR count). The number of methoxy groups -OCH3 is 1. The summed E-state index contributed by atoms with van der Waals surface area (Å²) in [7, 11) is 3.04. The highest BCUT2D eigenvalue weighted by atomic mass is 16.5. The predicted octanol–water partition coefficient (Wildman–Crippen LogP) is 3.31. The maximum atomic E-state index is 12.8. The highest BCUT2D eigenvalue weighted by Crippen LogP contribution is 2.26. The van der Waals surface area contributed by atoms with Crippen LogP contribution in [0, 0.1) is 0 Å². The molecular weight excluding hydrogens is 448 g/mol. The third-order valence-corrected chi connectivity index (χ3v) is 5.72. The van der Waals surface area contributed by atoms with E-state index in [0.29, 0.717) is 23.2 Å². The zero-order valence-electron chi connectivity index (χ0n) is 19.4. The van der Waals surface area contributed by atoms with E-state index in [-0.39, 0.29) is 23.8 Å². The van der Waals surface area contributed by atoms with Crippen molar-refractivity contribution in [3.63, 3.8) is 0 Å². The number of carbonyl (C=O) groups is 4. The Labute approximate surface area is 202 Å². The number of amides is 3. The second-order valence-electron chi connectivity index (χ2n) is 8.09. The van der Waals surface area contributed by atoms with Crippen LogP contribution in [0.3, 0.4) is 0 Å². The van der Waals surface area contributed by atoms with Gasteiger partial charge in [-0.05, 0) is 35.4 Å². The smallest absolute Gasteiger partial charge is 0.342 e. The molecule has 3 aromatic carbocycles. The van der Waals surface area contributed by atoms with E-state index in [9.17, 15) is 19.2 Å². The molecule has 0 fully saturated rings. The van der Waals surface area contributed by atoms with E-state index in [4.69, 9.17) is 9.47 Å². The first-order valence-electron chi connectivity index (χ1n) is 11.0. The van der Waals surface area contributed by atoms with Crippen LogP contribution in [0.4, 0.5) is 0 Å². The Kier molecular flexibility index (Phi) is 6.91. The minimum atomic E-state index is -0.743. The zero-order chi connectivity index (χ0) is 24.9. The minimum absolute atomic E-state index is 0.0185. The fraction of sp³-hybridized carbons (Fsp3) is 0.185. The maximum absolute atomic E-state index is 12.8. The average Bonchev–Trinajstić information content (AvgIpc) is 3.12. The van der Waals surface area contributed by atoms with Gasteiger partial charge in [0, 0.05) is 13.6 Å². The summed E-state index contributed by atoms with van der Waals surface area (Å²) in [6.45, 7) is -0.0698. The van der Waals surface area contributed by atoms with Crippen molar-refractivity contribution >= 4 is 23.7 Å². The Hall–Kier alpha value is -4.46. The van der Waals surface area contributed by atoms with Gasteiger partial charge in [0.25, 0.3) is 17.7 Å². The SMILES string of the molecule is COc1ccc(CN2C(=O)c3ccccc3C2=O)cc1C(=O)OCC(=O)N(C)Cc1ccccc1. The molecule has 3 amide bonds. The van der Waals surface area contributed by atoms with Crippen LogP contribution in [0.25, 0.3) is 0 Å². The van der Waals surface area contributed by atoms with Crippen LogP contribution in [0.1, 0.15) is 42.2 Å². The predicted molar refractivity (Wildman–Crippen MR) is 127 cm³/mol.